The fraction of sp³-hybridized carbons (Fsp3) is 0.455. The average Bonchev–Trinajstić information content (AvgIpc) is 3.41. The molecule has 3 amide bonds. The van der Waals surface area contributed by atoms with E-state index in [9.17, 15) is 18.8 Å². The van der Waals surface area contributed by atoms with Crippen molar-refractivity contribution in [3.63, 3.8) is 0 Å². The highest BCUT2D eigenvalue weighted by Crippen LogP contribution is 2.27. The molecular formula is C22H26FN5O3. The molecule has 0 saturated heterocycles. The number of likely N-dealkylation sites (N-methyl/N-ethyl adjacent to an activating group) is 1. The van der Waals surface area contributed by atoms with Gasteiger partial charge in [0.15, 0.2) is 5.69 Å². The molecule has 2 heterocycles. The van der Waals surface area contributed by atoms with Gasteiger partial charge in [0.25, 0.3) is 11.8 Å². The van der Waals surface area contributed by atoms with Crippen LogP contribution < -0.4 is 10.6 Å². The number of benzene rings is 1. The van der Waals surface area contributed by atoms with Crippen molar-refractivity contribution in [2.45, 2.75) is 57.3 Å². The Labute approximate surface area is 179 Å². The summed E-state index contributed by atoms with van der Waals surface area (Å²) < 4.78 is 15.2. The number of carbonyl (C=O) groups excluding carboxylic acids is 3. The van der Waals surface area contributed by atoms with Gasteiger partial charge in [0, 0.05) is 31.3 Å². The molecule has 0 unspecified atom stereocenters. The number of fused-ring (bicyclic) bond motifs is 1. The van der Waals surface area contributed by atoms with Crippen molar-refractivity contribution >= 4 is 17.7 Å². The molecule has 1 aliphatic carbocycles. The van der Waals surface area contributed by atoms with Crippen LogP contribution in [0.3, 0.4) is 0 Å². The van der Waals surface area contributed by atoms with Crippen molar-refractivity contribution in [1.82, 2.24) is 25.3 Å². The molecule has 1 atom stereocenters. The SMILES string of the molecule is CN1C(=O)c2cc(C(=O)NCc3ccccc3F)nn2C[C@]1(C)C(=O)NC1CCCC1. The Hall–Kier alpha value is -3.23. The Balaban J connectivity index is 1.50. The zero-order chi connectivity index (χ0) is 22.2. The van der Waals surface area contributed by atoms with Crippen molar-refractivity contribution in [2.75, 3.05) is 7.05 Å². The van der Waals surface area contributed by atoms with E-state index < -0.39 is 17.3 Å². The van der Waals surface area contributed by atoms with Crippen LogP contribution in [0.1, 0.15) is 59.1 Å². The molecule has 1 fully saturated rings. The Kier molecular flexibility index (Phi) is 5.51. The number of nitrogens with one attached hydrogen (secondary N) is 2. The summed E-state index contributed by atoms with van der Waals surface area (Å²) >= 11 is 0. The van der Waals surface area contributed by atoms with Gasteiger partial charge in [-0.1, -0.05) is 31.0 Å². The second-order valence-corrected chi connectivity index (χ2v) is 8.44. The topological polar surface area (TPSA) is 96.3 Å². The Morgan fingerprint density at radius 1 is 1.26 bits per heavy atom. The summed E-state index contributed by atoms with van der Waals surface area (Å²) in [5, 5.41) is 9.94. The summed E-state index contributed by atoms with van der Waals surface area (Å²) in [6.07, 6.45) is 4.06. The van der Waals surface area contributed by atoms with Crippen molar-refractivity contribution in [2.24, 2.45) is 0 Å². The fourth-order valence-corrected chi connectivity index (χ4v) is 4.16. The molecule has 8 nitrogen and oxygen atoms in total. The van der Waals surface area contributed by atoms with Crippen LogP contribution in [0, 0.1) is 5.82 Å². The van der Waals surface area contributed by atoms with Gasteiger partial charge in [-0.2, -0.15) is 5.10 Å². The van der Waals surface area contributed by atoms with Crippen LogP contribution >= 0.6 is 0 Å². The molecule has 164 valence electrons. The molecular weight excluding hydrogens is 401 g/mol. The molecule has 9 heteroatoms. The third kappa shape index (κ3) is 3.92. The van der Waals surface area contributed by atoms with Gasteiger partial charge in [0.1, 0.15) is 17.1 Å². The minimum absolute atomic E-state index is 0.00303. The van der Waals surface area contributed by atoms with Gasteiger partial charge in [-0.05, 0) is 25.8 Å². The molecule has 1 aromatic heterocycles. The maximum absolute atomic E-state index is 13.8. The second-order valence-electron chi connectivity index (χ2n) is 8.44. The summed E-state index contributed by atoms with van der Waals surface area (Å²) in [5.74, 6) is -1.52. The quantitative estimate of drug-likeness (QED) is 0.761. The molecule has 4 rings (SSSR count). The van der Waals surface area contributed by atoms with E-state index in [0.717, 1.165) is 25.7 Å². The first-order valence-electron chi connectivity index (χ1n) is 10.5. The van der Waals surface area contributed by atoms with Gasteiger partial charge in [-0.15, -0.1) is 0 Å². The van der Waals surface area contributed by atoms with E-state index in [-0.39, 0.29) is 42.3 Å². The first-order chi connectivity index (χ1) is 14.8. The predicted molar refractivity (Wildman–Crippen MR) is 111 cm³/mol. The summed E-state index contributed by atoms with van der Waals surface area (Å²) in [6, 6.07) is 7.71. The van der Waals surface area contributed by atoms with Gasteiger partial charge in [0.05, 0.1) is 6.54 Å². The number of rotatable bonds is 5. The van der Waals surface area contributed by atoms with E-state index in [0.29, 0.717) is 5.56 Å². The average molecular weight is 427 g/mol. The third-order valence-electron chi connectivity index (χ3n) is 6.31. The molecule has 1 saturated carbocycles. The number of carbonyl (C=O) groups is 3. The molecule has 0 bridgehead atoms. The lowest BCUT2D eigenvalue weighted by molar-refractivity contribution is -0.133. The summed E-state index contributed by atoms with van der Waals surface area (Å²) in [6.45, 7) is 1.85. The van der Waals surface area contributed by atoms with Gasteiger partial charge in [0.2, 0.25) is 5.91 Å². The number of aromatic nitrogens is 2. The smallest absolute Gasteiger partial charge is 0.272 e. The van der Waals surface area contributed by atoms with Crippen molar-refractivity contribution in [1.29, 1.82) is 0 Å². The van der Waals surface area contributed by atoms with Crippen molar-refractivity contribution < 1.29 is 18.8 Å². The minimum Gasteiger partial charge on any atom is -0.351 e. The highest BCUT2D eigenvalue weighted by Gasteiger charge is 2.46. The Bertz CT molecular complexity index is 1030. The van der Waals surface area contributed by atoms with Gasteiger partial charge < -0.3 is 15.5 Å². The van der Waals surface area contributed by atoms with E-state index in [1.165, 1.54) is 21.7 Å². The van der Waals surface area contributed by atoms with Gasteiger partial charge in [-0.3, -0.25) is 19.1 Å². The number of halogens is 1. The largest absolute Gasteiger partial charge is 0.351 e. The monoisotopic (exact) mass is 427 g/mol. The molecule has 1 aliphatic heterocycles. The van der Waals surface area contributed by atoms with Crippen LogP contribution in [-0.2, 0) is 17.9 Å². The van der Waals surface area contributed by atoms with E-state index >= 15 is 0 Å². The Morgan fingerprint density at radius 3 is 2.68 bits per heavy atom. The van der Waals surface area contributed by atoms with Crippen LogP contribution in [0.2, 0.25) is 0 Å². The third-order valence-corrected chi connectivity index (χ3v) is 6.31. The van der Waals surface area contributed by atoms with E-state index in [1.54, 1.807) is 32.2 Å². The molecule has 1 aromatic carbocycles. The second kappa shape index (κ2) is 8.13. The first kappa shape index (κ1) is 21.0. The van der Waals surface area contributed by atoms with E-state index in [4.69, 9.17) is 0 Å². The summed E-state index contributed by atoms with van der Waals surface area (Å²) in [4.78, 5) is 39.9. The first-order valence-corrected chi connectivity index (χ1v) is 10.5. The zero-order valence-corrected chi connectivity index (χ0v) is 17.7. The summed E-state index contributed by atoms with van der Waals surface area (Å²) in [5.41, 5.74) is -0.468. The highest BCUT2D eigenvalue weighted by molar-refractivity contribution is 6.01. The Morgan fingerprint density at radius 2 is 1.97 bits per heavy atom. The maximum atomic E-state index is 13.8. The van der Waals surface area contributed by atoms with Crippen molar-refractivity contribution in [3.8, 4) is 0 Å². The maximum Gasteiger partial charge on any atom is 0.272 e. The van der Waals surface area contributed by atoms with Crippen LogP contribution in [0.25, 0.3) is 0 Å². The lowest BCUT2D eigenvalue weighted by Gasteiger charge is -2.41. The number of hydrogen-bond donors (Lipinski definition) is 2. The van der Waals surface area contributed by atoms with Crippen LogP contribution in [-0.4, -0.2) is 51.0 Å². The lowest BCUT2D eigenvalue weighted by Crippen LogP contribution is -2.63. The van der Waals surface area contributed by atoms with Gasteiger partial charge >= 0.3 is 0 Å². The molecule has 31 heavy (non-hydrogen) atoms. The fourth-order valence-electron chi connectivity index (χ4n) is 4.16. The zero-order valence-electron chi connectivity index (χ0n) is 17.7. The number of amides is 3. The van der Waals surface area contributed by atoms with Crippen molar-refractivity contribution in [3.05, 3.63) is 53.1 Å². The molecule has 0 spiro atoms. The van der Waals surface area contributed by atoms with E-state index in [2.05, 4.69) is 15.7 Å². The molecule has 2 N–H and O–H groups in total. The number of hydrogen-bond acceptors (Lipinski definition) is 4. The number of nitrogens with zero attached hydrogens (tertiary/aromatic N) is 3. The molecule has 0 radical (unpaired) electrons. The predicted octanol–water partition coefficient (Wildman–Crippen LogP) is 1.86. The van der Waals surface area contributed by atoms with Crippen LogP contribution in [0.4, 0.5) is 4.39 Å². The lowest BCUT2D eigenvalue weighted by atomic mass is 9.95. The molecule has 2 aromatic rings. The minimum atomic E-state index is -1.11. The van der Waals surface area contributed by atoms with E-state index in [1.807, 2.05) is 0 Å². The van der Waals surface area contributed by atoms with Crippen LogP contribution in [0.15, 0.2) is 30.3 Å². The molecule has 2 aliphatic rings. The van der Waals surface area contributed by atoms with Gasteiger partial charge in [-0.25, -0.2) is 4.39 Å². The normalized spacial score (nSPS) is 21.1. The van der Waals surface area contributed by atoms with Crippen LogP contribution in [0.5, 0.6) is 0 Å². The highest BCUT2D eigenvalue weighted by atomic mass is 19.1. The standard InChI is InChI=1S/C22H26FN5O3/c1-22(21(31)25-15-8-4-5-9-15)13-28-18(20(30)27(22)2)11-17(26-28)19(29)24-12-14-7-3-6-10-16(14)23/h3,6-7,10-11,15H,4-5,8-9,12-13H2,1-2H3,(H,24,29)(H,25,31)/t22-/m1/s1. The summed E-state index contributed by atoms with van der Waals surface area (Å²) in [7, 11) is 1.59.